The summed E-state index contributed by atoms with van der Waals surface area (Å²) in [6.07, 6.45) is 3.16. The van der Waals surface area contributed by atoms with Gasteiger partial charge in [0, 0.05) is 37.2 Å². The zero-order chi connectivity index (χ0) is 24.6. The summed E-state index contributed by atoms with van der Waals surface area (Å²) < 4.78 is 15.9. The van der Waals surface area contributed by atoms with Gasteiger partial charge >= 0.3 is 0 Å². The molecule has 10 heteroatoms. The number of nitriles is 1. The van der Waals surface area contributed by atoms with Crippen molar-refractivity contribution in [2.24, 2.45) is 5.41 Å². The van der Waals surface area contributed by atoms with Gasteiger partial charge in [0.25, 0.3) is 0 Å². The summed E-state index contributed by atoms with van der Waals surface area (Å²) in [5.41, 5.74) is 0.401. The van der Waals surface area contributed by atoms with Gasteiger partial charge in [0.2, 0.25) is 11.8 Å². The van der Waals surface area contributed by atoms with E-state index in [4.69, 9.17) is 5.26 Å². The average Bonchev–Trinajstić information content (AvgIpc) is 3.39. The summed E-state index contributed by atoms with van der Waals surface area (Å²) in [7, 11) is 0. The number of rotatable bonds is 6. The van der Waals surface area contributed by atoms with Gasteiger partial charge in [0.05, 0.1) is 17.4 Å². The number of carbonyl (C=O) groups is 2. The lowest BCUT2D eigenvalue weighted by molar-refractivity contribution is -0.144. The normalized spacial score (nSPS) is 21.2. The number of nitrogens with one attached hydrogen (secondary N) is 1. The zero-order valence-electron chi connectivity index (χ0n) is 19.5. The fourth-order valence-electron chi connectivity index (χ4n) is 4.43. The third-order valence-electron chi connectivity index (χ3n) is 6.36. The Morgan fingerprint density at radius 2 is 2.09 bits per heavy atom. The van der Waals surface area contributed by atoms with E-state index in [0.717, 1.165) is 18.5 Å². The quantitative estimate of drug-likeness (QED) is 0.669. The van der Waals surface area contributed by atoms with Crippen molar-refractivity contribution < 1.29 is 19.1 Å². The predicted molar refractivity (Wildman–Crippen MR) is 120 cm³/mol. The Bertz CT molecular complexity index is 1130. The third-order valence-corrected chi connectivity index (χ3v) is 6.36. The average molecular weight is 469 g/mol. The van der Waals surface area contributed by atoms with Crippen LogP contribution in [0, 0.1) is 22.6 Å². The van der Waals surface area contributed by atoms with E-state index in [2.05, 4.69) is 15.6 Å². The van der Waals surface area contributed by atoms with Crippen LogP contribution < -0.4 is 5.32 Å². The Morgan fingerprint density at radius 3 is 2.74 bits per heavy atom. The molecule has 1 aliphatic heterocycles. The number of nitrogens with zero attached hydrogens (tertiary/aromatic N) is 5. The molecule has 180 valence electrons. The number of carbonyl (C=O) groups excluding carboxylic acids is 2. The molecule has 1 saturated carbocycles. The van der Waals surface area contributed by atoms with Gasteiger partial charge in [0.15, 0.2) is 0 Å². The van der Waals surface area contributed by atoms with E-state index in [1.165, 1.54) is 17.0 Å². The molecule has 2 fully saturated rings. The van der Waals surface area contributed by atoms with E-state index in [9.17, 15) is 19.1 Å². The van der Waals surface area contributed by atoms with Crippen molar-refractivity contribution in [2.45, 2.75) is 70.7 Å². The monoisotopic (exact) mass is 468 g/mol. The van der Waals surface area contributed by atoms with Crippen molar-refractivity contribution in [3.8, 4) is 6.07 Å². The van der Waals surface area contributed by atoms with Gasteiger partial charge in [0.1, 0.15) is 24.0 Å². The minimum absolute atomic E-state index is 0.0198. The number of benzene rings is 1. The highest BCUT2D eigenvalue weighted by atomic mass is 19.1. The lowest BCUT2D eigenvalue weighted by Crippen LogP contribution is -2.50. The van der Waals surface area contributed by atoms with Crippen molar-refractivity contribution in [3.05, 3.63) is 47.0 Å². The summed E-state index contributed by atoms with van der Waals surface area (Å²) in [6.45, 7) is 5.64. The number of aliphatic hydroxyl groups is 1. The molecule has 0 spiro atoms. The highest BCUT2D eigenvalue weighted by molar-refractivity contribution is 5.90. The molecule has 2 aliphatic rings. The minimum atomic E-state index is -0.902. The van der Waals surface area contributed by atoms with Crippen LogP contribution in [0.1, 0.15) is 68.8 Å². The zero-order valence-corrected chi connectivity index (χ0v) is 19.5. The van der Waals surface area contributed by atoms with Gasteiger partial charge in [-0.25, -0.2) is 9.07 Å². The maximum absolute atomic E-state index is 14.4. The molecule has 0 radical (unpaired) electrons. The lowest BCUT2D eigenvalue weighted by atomic mass is 9.85. The first-order valence-corrected chi connectivity index (χ1v) is 11.5. The van der Waals surface area contributed by atoms with Crippen molar-refractivity contribution in [2.75, 3.05) is 6.54 Å². The molecule has 2 heterocycles. The summed E-state index contributed by atoms with van der Waals surface area (Å²) in [6, 6.07) is 4.55. The Kier molecular flexibility index (Phi) is 6.41. The summed E-state index contributed by atoms with van der Waals surface area (Å²) in [4.78, 5) is 28.1. The molecule has 1 aromatic heterocycles. The van der Waals surface area contributed by atoms with Crippen LogP contribution in [0.5, 0.6) is 0 Å². The second-order valence-corrected chi connectivity index (χ2v) is 10.2. The second kappa shape index (κ2) is 9.14. The number of halogens is 1. The Labute approximate surface area is 197 Å². The number of amides is 2. The summed E-state index contributed by atoms with van der Waals surface area (Å²) in [5, 5.41) is 30.4. The number of β-amino-alcohol motifs (C(OH)–C–C–N with tert-alkyl or cyclic N) is 1. The number of hydrogen-bond donors (Lipinski definition) is 2. The molecule has 0 bridgehead atoms. The number of aromatic nitrogens is 3. The van der Waals surface area contributed by atoms with Gasteiger partial charge in [-0.3, -0.25) is 9.59 Å². The smallest absolute Gasteiger partial charge is 0.248 e. The molecule has 2 N–H and O–H groups in total. The predicted octanol–water partition coefficient (Wildman–Crippen LogP) is 2.03. The second-order valence-electron chi connectivity index (χ2n) is 10.2. The molecule has 9 nitrogen and oxygen atoms in total. The fourth-order valence-corrected chi connectivity index (χ4v) is 4.43. The molecule has 0 unspecified atom stereocenters. The van der Waals surface area contributed by atoms with Gasteiger partial charge in [-0.1, -0.05) is 38.1 Å². The van der Waals surface area contributed by atoms with Crippen molar-refractivity contribution in [1.29, 1.82) is 5.26 Å². The fraction of sp³-hybridized carbons (Fsp3) is 0.542. The molecule has 2 amide bonds. The van der Waals surface area contributed by atoms with Crippen LogP contribution in [0.4, 0.5) is 4.39 Å². The molecular formula is C24H29FN6O3. The Hall–Kier alpha value is -3.32. The van der Waals surface area contributed by atoms with Crippen LogP contribution in [0.2, 0.25) is 0 Å². The maximum Gasteiger partial charge on any atom is 0.248 e. The van der Waals surface area contributed by atoms with Crippen LogP contribution in [0.15, 0.2) is 24.4 Å². The van der Waals surface area contributed by atoms with Crippen LogP contribution in [-0.4, -0.2) is 55.5 Å². The van der Waals surface area contributed by atoms with Crippen molar-refractivity contribution >= 4 is 11.8 Å². The Balaban J connectivity index is 1.52. The number of likely N-dealkylation sites (tertiary alicyclic amines) is 1. The molecule has 4 rings (SSSR count). The van der Waals surface area contributed by atoms with Crippen molar-refractivity contribution in [1.82, 2.24) is 25.2 Å². The summed E-state index contributed by atoms with van der Waals surface area (Å²) >= 11 is 0. The van der Waals surface area contributed by atoms with Gasteiger partial charge < -0.3 is 15.3 Å². The first-order chi connectivity index (χ1) is 16.1. The largest absolute Gasteiger partial charge is 0.391 e. The lowest BCUT2D eigenvalue weighted by Gasteiger charge is -2.34. The van der Waals surface area contributed by atoms with Crippen LogP contribution in [-0.2, 0) is 16.1 Å². The molecule has 34 heavy (non-hydrogen) atoms. The summed E-state index contributed by atoms with van der Waals surface area (Å²) in [5.74, 6) is -1.11. The van der Waals surface area contributed by atoms with Crippen LogP contribution >= 0.6 is 0 Å². The molecule has 1 aliphatic carbocycles. The number of aliphatic hydroxyl groups excluding tert-OH is 1. The van der Waals surface area contributed by atoms with E-state index in [1.54, 1.807) is 23.0 Å². The third kappa shape index (κ3) is 4.80. The molecule has 3 atom stereocenters. The van der Waals surface area contributed by atoms with E-state index >= 15 is 0 Å². The minimum Gasteiger partial charge on any atom is -0.391 e. The highest BCUT2D eigenvalue weighted by Crippen LogP contribution is 2.40. The number of hydrogen-bond acceptors (Lipinski definition) is 6. The SMILES string of the molecule is CC(C)(C)[C@@H](C(=O)N1C[C@H](O)C[C@H]1C(=O)NCc1cccc(C#N)c1F)n1cc(C2CC2)nn1. The van der Waals surface area contributed by atoms with E-state index in [-0.39, 0.29) is 36.5 Å². The van der Waals surface area contributed by atoms with Crippen LogP contribution in [0.3, 0.4) is 0 Å². The Morgan fingerprint density at radius 1 is 1.35 bits per heavy atom. The van der Waals surface area contributed by atoms with E-state index in [1.807, 2.05) is 20.8 Å². The van der Waals surface area contributed by atoms with Gasteiger partial charge in [-0.05, 0) is 24.3 Å². The van der Waals surface area contributed by atoms with Crippen LogP contribution in [0.25, 0.3) is 0 Å². The highest BCUT2D eigenvalue weighted by Gasteiger charge is 2.45. The first kappa shape index (κ1) is 23.8. The van der Waals surface area contributed by atoms with E-state index in [0.29, 0.717) is 5.92 Å². The molecule has 2 aromatic rings. The topological polar surface area (TPSA) is 124 Å². The van der Waals surface area contributed by atoms with Crippen molar-refractivity contribution in [3.63, 3.8) is 0 Å². The van der Waals surface area contributed by atoms with Gasteiger partial charge in [-0.2, -0.15) is 5.26 Å². The molecular weight excluding hydrogens is 439 g/mol. The first-order valence-electron chi connectivity index (χ1n) is 11.5. The standard InChI is InChI=1S/C24H29FN6O3/c1-24(2,3)21(31-13-18(28-29-31)14-7-8-14)23(34)30-12-17(32)9-19(30)22(33)27-11-16-6-4-5-15(10-26)20(16)25/h4-6,13-14,17,19,21,32H,7-9,11-12H2,1-3H3,(H,27,33)/t17-,19+,21-/m1/s1. The van der Waals surface area contributed by atoms with E-state index < -0.39 is 35.3 Å². The van der Waals surface area contributed by atoms with Gasteiger partial charge in [-0.15, -0.1) is 5.10 Å². The maximum atomic E-state index is 14.4. The molecule has 1 saturated heterocycles. The molecule has 1 aromatic carbocycles.